The van der Waals surface area contributed by atoms with Crippen LogP contribution in [0.3, 0.4) is 0 Å². The van der Waals surface area contributed by atoms with E-state index in [0.29, 0.717) is 0 Å². The molecule has 2 saturated heterocycles. The second-order valence-electron chi connectivity index (χ2n) is 6.77. The molecule has 4 rings (SSSR count). The number of fused-ring (bicyclic) bond motifs is 1. The third-order valence-electron chi connectivity index (χ3n) is 5.42. The van der Waals surface area contributed by atoms with Gasteiger partial charge in [0.2, 0.25) is 5.95 Å². The number of rotatable bonds is 2. The average molecular weight is 298 g/mol. The van der Waals surface area contributed by atoms with Crippen molar-refractivity contribution in [3.8, 4) is 0 Å². The summed E-state index contributed by atoms with van der Waals surface area (Å²) in [5.74, 6) is 1.14. The number of hydrogen-bond acceptors (Lipinski definition) is 3. The topological polar surface area (TPSA) is 24.3 Å². The number of aryl methyl sites for hydroxylation is 1. The Balaban J connectivity index is 1.47. The van der Waals surface area contributed by atoms with Crippen LogP contribution in [0.25, 0.3) is 11.0 Å². The number of imidazole rings is 1. The van der Waals surface area contributed by atoms with Gasteiger partial charge in [-0.15, -0.1) is 0 Å². The molecule has 1 aromatic heterocycles. The molecule has 1 aromatic carbocycles. The number of benzene rings is 1. The monoisotopic (exact) mass is 298 g/mol. The van der Waals surface area contributed by atoms with Gasteiger partial charge in [-0.05, 0) is 50.9 Å². The van der Waals surface area contributed by atoms with Crippen LogP contribution in [-0.4, -0.2) is 46.7 Å². The fourth-order valence-corrected chi connectivity index (χ4v) is 4.13. The lowest BCUT2D eigenvalue weighted by Crippen LogP contribution is -2.47. The first-order chi connectivity index (χ1) is 10.8. The third-order valence-corrected chi connectivity index (χ3v) is 5.42. The Hall–Kier alpha value is -1.55. The van der Waals surface area contributed by atoms with Gasteiger partial charge in [-0.3, -0.25) is 0 Å². The van der Waals surface area contributed by atoms with Crippen molar-refractivity contribution < 1.29 is 0 Å². The second kappa shape index (κ2) is 5.92. The summed E-state index contributed by atoms with van der Waals surface area (Å²) in [6.45, 7) is 4.91. The lowest BCUT2D eigenvalue weighted by molar-refractivity contribution is 0.141. The van der Waals surface area contributed by atoms with Gasteiger partial charge in [0.25, 0.3) is 0 Å². The highest BCUT2D eigenvalue weighted by atomic mass is 15.3. The van der Waals surface area contributed by atoms with Crippen LogP contribution >= 0.6 is 0 Å². The standard InChI is InChI=1S/C18H26N4/c1-20-17-8-4-3-7-16(17)19-18(20)22-13-9-15(10-14-22)21-11-5-2-6-12-21/h3-4,7-8,15H,2,5-6,9-14H2,1H3. The Bertz CT molecular complexity index is 634. The van der Waals surface area contributed by atoms with E-state index in [9.17, 15) is 0 Å². The molecule has 4 nitrogen and oxygen atoms in total. The summed E-state index contributed by atoms with van der Waals surface area (Å²) in [6, 6.07) is 9.23. The summed E-state index contributed by atoms with van der Waals surface area (Å²) >= 11 is 0. The molecule has 0 bridgehead atoms. The Labute approximate surface area is 132 Å². The number of piperidine rings is 2. The minimum atomic E-state index is 0.797. The van der Waals surface area contributed by atoms with Gasteiger partial charge in [0, 0.05) is 26.2 Å². The van der Waals surface area contributed by atoms with E-state index in [1.165, 1.54) is 50.7 Å². The number of anilines is 1. The molecule has 118 valence electrons. The van der Waals surface area contributed by atoms with E-state index >= 15 is 0 Å². The largest absolute Gasteiger partial charge is 0.342 e. The number of hydrogen-bond donors (Lipinski definition) is 0. The number of aromatic nitrogens is 2. The molecule has 2 aliphatic rings. The SMILES string of the molecule is Cn1c(N2CCC(N3CCCCC3)CC2)nc2ccccc21. The zero-order valence-electron chi connectivity index (χ0n) is 13.5. The normalized spacial score (nSPS) is 21.6. The molecule has 2 fully saturated rings. The maximum absolute atomic E-state index is 4.85. The van der Waals surface area contributed by atoms with Crippen molar-refractivity contribution >= 4 is 17.0 Å². The molecule has 0 amide bonds. The molecule has 0 unspecified atom stereocenters. The highest BCUT2D eigenvalue weighted by molar-refractivity contribution is 5.78. The van der Waals surface area contributed by atoms with Crippen molar-refractivity contribution in [2.24, 2.45) is 7.05 Å². The fraction of sp³-hybridized carbons (Fsp3) is 0.611. The molecule has 22 heavy (non-hydrogen) atoms. The molecular formula is C18H26N4. The third kappa shape index (κ3) is 2.50. The fourth-order valence-electron chi connectivity index (χ4n) is 4.13. The summed E-state index contributed by atoms with van der Waals surface area (Å²) in [5, 5.41) is 0. The number of nitrogens with zero attached hydrogens (tertiary/aromatic N) is 4. The first-order valence-electron chi connectivity index (χ1n) is 8.73. The van der Waals surface area contributed by atoms with Crippen molar-refractivity contribution in [1.82, 2.24) is 14.5 Å². The Kier molecular flexibility index (Phi) is 3.78. The predicted molar refractivity (Wildman–Crippen MR) is 91.4 cm³/mol. The molecule has 0 N–H and O–H groups in total. The minimum Gasteiger partial charge on any atom is -0.342 e. The van der Waals surface area contributed by atoms with Crippen molar-refractivity contribution in [1.29, 1.82) is 0 Å². The Morgan fingerprint density at radius 1 is 0.955 bits per heavy atom. The number of para-hydroxylation sites is 2. The van der Waals surface area contributed by atoms with Crippen molar-refractivity contribution in [2.45, 2.75) is 38.1 Å². The van der Waals surface area contributed by atoms with Crippen LogP contribution in [0.2, 0.25) is 0 Å². The molecule has 4 heteroatoms. The summed E-state index contributed by atoms with van der Waals surface area (Å²) in [6.07, 6.45) is 6.78. The van der Waals surface area contributed by atoms with Gasteiger partial charge in [0.15, 0.2) is 0 Å². The first kappa shape index (κ1) is 14.1. The second-order valence-corrected chi connectivity index (χ2v) is 6.77. The molecule has 2 aliphatic heterocycles. The molecule has 0 atom stereocenters. The Morgan fingerprint density at radius 2 is 1.68 bits per heavy atom. The highest BCUT2D eigenvalue weighted by Gasteiger charge is 2.27. The van der Waals surface area contributed by atoms with E-state index in [2.05, 4.69) is 45.7 Å². The van der Waals surface area contributed by atoms with Gasteiger partial charge in [-0.25, -0.2) is 4.98 Å². The summed E-state index contributed by atoms with van der Waals surface area (Å²) < 4.78 is 2.25. The predicted octanol–water partition coefficient (Wildman–Crippen LogP) is 3.03. The van der Waals surface area contributed by atoms with E-state index in [1.807, 2.05) is 0 Å². The molecule has 0 spiro atoms. The van der Waals surface area contributed by atoms with Gasteiger partial charge >= 0.3 is 0 Å². The first-order valence-corrected chi connectivity index (χ1v) is 8.73. The Morgan fingerprint density at radius 3 is 2.41 bits per heavy atom. The van der Waals surface area contributed by atoms with Crippen LogP contribution < -0.4 is 4.90 Å². The van der Waals surface area contributed by atoms with Crippen molar-refractivity contribution in [2.75, 3.05) is 31.1 Å². The zero-order chi connectivity index (χ0) is 14.9. The molecular weight excluding hydrogens is 272 g/mol. The van der Waals surface area contributed by atoms with Gasteiger partial charge in [-0.1, -0.05) is 18.6 Å². The summed E-state index contributed by atoms with van der Waals surface area (Å²) in [5.41, 5.74) is 2.34. The van der Waals surface area contributed by atoms with E-state index in [4.69, 9.17) is 4.98 Å². The molecule has 0 saturated carbocycles. The van der Waals surface area contributed by atoms with Gasteiger partial charge in [0.1, 0.15) is 0 Å². The van der Waals surface area contributed by atoms with Crippen molar-refractivity contribution in [3.63, 3.8) is 0 Å². The van der Waals surface area contributed by atoms with Crippen LogP contribution in [0.1, 0.15) is 32.1 Å². The van der Waals surface area contributed by atoms with E-state index in [1.54, 1.807) is 0 Å². The number of likely N-dealkylation sites (tertiary alicyclic amines) is 1. The van der Waals surface area contributed by atoms with E-state index in [0.717, 1.165) is 30.6 Å². The lowest BCUT2D eigenvalue weighted by Gasteiger charge is -2.40. The van der Waals surface area contributed by atoms with Crippen molar-refractivity contribution in [3.05, 3.63) is 24.3 Å². The van der Waals surface area contributed by atoms with Crippen LogP contribution in [0, 0.1) is 0 Å². The molecule has 0 aliphatic carbocycles. The van der Waals surface area contributed by atoms with Crippen LogP contribution in [0.15, 0.2) is 24.3 Å². The average Bonchev–Trinajstić information content (AvgIpc) is 2.93. The maximum Gasteiger partial charge on any atom is 0.206 e. The highest BCUT2D eigenvalue weighted by Crippen LogP contribution is 2.26. The lowest BCUT2D eigenvalue weighted by atomic mass is 10.0. The minimum absolute atomic E-state index is 0.797. The molecule has 0 radical (unpaired) electrons. The van der Waals surface area contributed by atoms with E-state index < -0.39 is 0 Å². The van der Waals surface area contributed by atoms with Crippen LogP contribution in [0.5, 0.6) is 0 Å². The van der Waals surface area contributed by atoms with Crippen LogP contribution in [-0.2, 0) is 7.05 Å². The van der Waals surface area contributed by atoms with Gasteiger partial charge in [0.05, 0.1) is 11.0 Å². The van der Waals surface area contributed by atoms with Gasteiger partial charge < -0.3 is 14.4 Å². The summed E-state index contributed by atoms with van der Waals surface area (Å²) in [4.78, 5) is 10.1. The van der Waals surface area contributed by atoms with Gasteiger partial charge in [-0.2, -0.15) is 0 Å². The maximum atomic E-state index is 4.85. The zero-order valence-corrected chi connectivity index (χ0v) is 13.5. The van der Waals surface area contributed by atoms with Crippen LogP contribution in [0.4, 0.5) is 5.95 Å². The molecule has 3 heterocycles. The smallest absolute Gasteiger partial charge is 0.206 e. The quantitative estimate of drug-likeness (QED) is 0.852. The summed E-state index contributed by atoms with van der Waals surface area (Å²) in [7, 11) is 2.14. The van der Waals surface area contributed by atoms with E-state index in [-0.39, 0.29) is 0 Å². The molecule has 2 aromatic rings.